The molecule has 2 aromatic carbocycles. The fourth-order valence-corrected chi connectivity index (χ4v) is 2.39. The van der Waals surface area contributed by atoms with Gasteiger partial charge in [0.05, 0.1) is 0 Å². The molecule has 0 atom stereocenters. The van der Waals surface area contributed by atoms with Gasteiger partial charge in [0.1, 0.15) is 0 Å². The number of rotatable bonds is 3. The summed E-state index contributed by atoms with van der Waals surface area (Å²) in [5.41, 5.74) is 4.17. The molecule has 0 saturated heterocycles. The van der Waals surface area contributed by atoms with Crippen molar-refractivity contribution in [2.75, 3.05) is 7.11 Å². The lowest BCUT2D eigenvalue weighted by atomic mass is 9.55. The van der Waals surface area contributed by atoms with E-state index in [1.165, 1.54) is 0 Å². The van der Waals surface area contributed by atoms with Gasteiger partial charge in [-0.05, 0) is 48.0 Å². The molecule has 0 N–H and O–H groups in total. The SMILES string of the molecule is COB(c1ccc(C)c(Cl)c1)c1ccc(C)c(Cl)c1. The van der Waals surface area contributed by atoms with Crippen LogP contribution in [0.4, 0.5) is 0 Å². The molecule has 0 aromatic heterocycles. The summed E-state index contributed by atoms with van der Waals surface area (Å²) in [6.07, 6.45) is 0. The maximum atomic E-state index is 6.18. The monoisotopic (exact) mass is 292 g/mol. The number of hydrogen-bond donors (Lipinski definition) is 0. The Morgan fingerprint density at radius 3 is 1.58 bits per heavy atom. The van der Waals surface area contributed by atoms with E-state index in [2.05, 4.69) is 0 Å². The van der Waals surface area contributed by atoms with Crippen LogP contribution in [0.25, 0.3) is 0 Å². The van der Waals surface area contributed by atoms with Crippen LogP contribution in [0.5, 0.6) is 0 Å². The van der Waals surface area contributed by atoms with E-state index < -0.39 is 0 Å². The zero-order valence-corrected chi connectivity index (χ0v) is 12.7. The van der Waals surface area contributed by atoms with E-state index in [1.54, 1.807) is 7.11 Å². The minimum absolute atomic E-state index is 0.156. The van der Waals surface area contributed by atoms with Gasteiger partial charge in [-0.3, -0.25) is 0 Å². The van der Waals surface area contributed by atoms with Crippen LogP contribution in [-0.2, 0) is 4.65 Å². The minimum atomic E-state index is -0.156. The normalized spacial score (nSPS) is 10.6. The van der Waals surface area contributed by atoms with E-state index in [4.69, 9.17) is 27.9 Å². The quantitative estimate of drug-likeness (QED) is 0.788. The van der Waals surface area contributed by atoms with E-state index in [0.717, 1.165) is 32.1 Å². The summed E-state index contributed by atoms with van der Waals surface area (Å²) >= 11 is 12.4. The summed E-state index contributed by atoms with van der Waals surface area (Å²) < 4.78 is 5.59. The van der Waals surface area contributed by atoms with Crippen molar-refractivity contribution in [2.24, 2.45) is 0 Å². The Bertz CT molecular complexity index is 547. The molecule has 98 valence electrons. The highest BCUT2D eigenvalue weighted by atomic mass is 35.5. The molecule has 0 heterocycles. The van der Waals surface area contributed by atoms with Crippen molar-refractivity contribution in [1.82, 2.24) is 0 Å². The predicted octanol–water partition coefficient (Wildman–Crippen LogP) is 3.36. The van der Waals surface area contributed by atoms with Crippen molar-refractivity contribution in [3.05, 3.63) is 57.6 Å². The van der Waals surface area contributed by atoms with Crippen LogP contribution in [0.3, 0.4) is 0 Å². The number of halogens is 2. The maximum Gasteiger partial charge on any atom is 0.361 e. The number of aryl methyl sites for hydroxylation is 2. The van der Waals surface area contributed by atoms with Crippen molar-refractivity contribution >= 4 is 41.0 Å². The molecule has 0 radical (unpaired) electrons. The van der Waals surface area contributed by atoms with Crippen LogP contribution in [0, 0.1) is 13.8 Å². The molecular weight excluding hydrogens is 278 g/mol. The second kappa shape index (κ2) is 6.00. The number of hydrogen-bond acceptors (Lipinski definition) is 1. The standard InChI is InChI=1S/C15H15BCl2O/c1-10-4-6-12(8-14(10)17)16(19-3)13-7-5-11(2)15(18)9-13/h4-9H,1-3H3. The summed E-state index contributed by atoms with van der Waals surface area (Å²) in [5, 5.41) is 1.50. The third-order valence-corrected chi connectivity index (χ3v) is 4.05. The summed E-state index contributed by atoms with van der Waals surface area (Å²) in [7, 11) is 1.69. The zero-order chi connectivity index (χ0) is 14.0. The highest BCUT2D eigenvalue weighted by Gasteiger charge is 2.21. The summed E-state index contributed by atoms with van der Waals surface area (Å²) in [6, 6.07) is 11.9. The van der Waals surface area contributed by atoms with Crippen molar-refractivity contribution < 1.29 is 4.65 Å². The lowest BCUT2D eigenvalue weighted by molar-refractivity contribution is 0.439. The lowest BCUT2D eigenvalue weighted by Crippen LogP contribution is -2.44. The van der Waals surface area contributed by atoms with Crippen LogP contribution in [0.15, 0.2) is 36.4 Å². The third kappa shape index (κ3) is 3.14. The van der Waals surface area contributed by atoms with Gasteiger partial charge in [-0.15, -0.1) is 0 Å². The average molecular weight is 293 g/mol. The van der Waals surface area contributed by atoms with Gasteiger partial charge in [-0.1, -0.05) is 47.5 Å². The molecule has 0 saturated carbocycles. The minimum Gasteiger partial charge on any atom is -0.430 e. The topological polar surface area (TPSA) is 9.23 Å². The van der Waals surface area contributed by atoms with Gasteiger partial charge < -0.3 is 4.65 Å². The first-order valence-electron chi connectivity index (χ1n) is 6.08. The smallest absolute Gasteiger partial charge is 0.361 e. The maximum absolute atomic E-state index is 6.18. The Kier molecular flexibility index (Phi) is 4.56. The first kappa shape index (κ1) is 14.5. The van der Waals surface area contributed by atoms with Gasteiger partial charge in [0.25, 0.3) is 0 Å². The fraction of sp³-hybridized carbons (Fsp3) is 0.200. The molecule has 0 aliphatic rings. The number of benzene rings is 2. The van der Waals surface area contributed by atoms with Crippen LogP contribution in [0.1, 0.15) is 11.1 Å². The van der Waals surface area contributed by atoms with E-state index >= 15 is 0 Å². The average Bonchev–Trinajstić information content (AvgIpc) is 2.39. The summed E-state index contributed by atoms with van der Waals surface area (Å²) in [4.78, 5) is 0. The van der Waals surface area contributed by atoms with Gasteiger partial charge in [0.2, 0.25) is 0 Å². The Hall–Kier alpha value is -0.955. The van der Waals surface area contributed by atoms with Gasteiger partial charge >= 0.3 is 6.92 Å². The molecule has 0 unspecified atom stereocenters. The molecular formula is C15H15BCl2O. The van der Waals surface area contributed by atoms with Crippen LogP contribution < -0.4 is 10.9 Å². The second-order valence-corrected chi connectivity index (χ2v) is 5.45. The molecule has 0 bridgehead atoms. The highest BCUT2D eigenvalue weighted by Crippen LogP contribution is 2.14. The molecule has 4 heteroatoms. The van der Waals surface area contributed by atoms with Crippen LogP contribution in [0.2, 0.25) is 10.0 Å². The predicted molar refractivity (Wildman–Crippen MR) is 84.4 cm³/mol. The molecule has 0 fully saturated rings. The van der Waals surface area contributed by atoms with E-state index in [0.29, 0.717) is 0 Å². The summed E-state index contributed by atoms with van der Waals surface area (Å²) in [6.45, 7) is 3.81. The Morgan fingerprint density at radius 1 is 0.842 bits per heavy atom. The fourth-order valence-electron chi connectivity index (χ4n) is 2.01. The Morgan fingerprint density at radius 2 is 1.26 bits per heavy atom. The summed E-state index contributed by atoms with van der Waals surface area (Å²) in [5.74, 6) is 0. The van der Waals surface area contributed by atoms with E-state index in [1.807, 2.05) is 50.2 Å². The molecule has 2 rings (SSSR count). The third-order valence-electron chi connectivity index (χ3n) is 3.23. The van der Waals surface area contributed by atoms with Crippen molar-refractivity contribution in [2.45, 2.75) is 13.8 Å². The molecule has 0 amide bonds. The first-order chi connectivity index (χ1) is 9.02. The van der Waals surface area contributed by atoms with Gasteiger partial charge in [-0.25, -0.2) is 0 Å². The highest BCUT2D eigenvalue weighted by molar-refractivity contribution is 6.80. The Labute approximate surface area is 124 Å². The van der Waals surface area contributed by atoms with Crippen LogP contribution >= 0.6 is 23.2 Å². The van der Waals surface area contributed by atoms with E-state index in [9.17, 15) is 0 Å². The molecule has 2 aromatic rings. The largest absolute Gasteiger partial charge is 0.430 e. The van der Waals surface area contributed by atoms with Crippen molar-refractivity contribution in [1.29, 1.82) is 0 Å². The first-order valence-corrected chi connectivity index (χ1v) is 6.83. The molecule has 0 spiro atoms. The second-order valence-electron chi connectivity index (χ2n) is 4.63. The Balaban J connectivity index is 2.43. The van der Waals surface area contributed by atoms with Crippen LogP contribution in [-0.4, -0.2) is 14.0 Å². The van der Waals surface area contributed by atoms with Crippen molar-refractivity contribution in [3.63, 3.8) is 0 Å². The molecule has 1 nitrogen and oxygen atoms in total. The molecule has 0 aliphatic carbocycles. The molecule has 0 aliphatic heterocycles. The van der Waals surface area contributed by atoms with Gasteiger partial charge in [-0.2, -0.15) is 0 Å². The molecule has 19 heavy (non-hydrogen) atoms. The van der Waals surface area contributed by atoms with E-state index in [-0.39, 0.29) is 6.92 Å². The van der Waals surface area contributed by atoms with Gasteiger partial charge in [0.15, 0.2) is 0 Å². The lowest BCUT2D eigenvalue weighted by Gasteiger charge is -2.14. The van der Waals surface area contributed by atoms with Crippen molar-refractivity contribution in [3.8, 4) is 0 Å². The van der Waals surface area contributed by atoms with Gasteiger partial charge in [0, 0.05) is 17.2 Å². The zero-order valence-electron chi connectivity index (χ0n) is 11.2.